The Labute approximate surface area is 216 Å². The number of nitrogens with zero attached hydrogens (tertiary/aromatic N) is 2. The lowest BCUT2D eigenvalue weighted by Crippen LogP contribution is -2.41. The summed E-state index contributed by atoms with van der Waals surface area (Å²) in [5.74, 6) is -1.45. The minimum Gasteiger partial charge on any atom is -0.462 e. The van der Waals surface area contributed by atoms with Crippen LogP contribution in [0, 0.1) is 33.8 Å². The number of ketones is 1. The molecular weight excluding hydrogens is 468 g/mol. The van der Waals surface area contributed by atoms with Crippen molar-refractivity contribution in [1.82, 2.24) is 0 Å². The number of allylic oxidation sites excluding steroid dienone is 1. The van der Waals surface area contributed by atoms with Crippen LogP contribution in [0.25, 0.3) is 5.70 Å². The van der Waals surface area contributed by atoms with Gasteiger partial charge in [-0.2, -0.15) is 0 Å². The van der Waals surface area contributed by atoms with Gasteiger partial charge < -0.3 is 4.74 Å². The molecular formula is C30H32N2O5. The van der Waals surface area contributed by atoms with E-state index in [9.17, 15) is 19.7 Å². The fourth-order valence-corrected chi connectivity index (χ4v) is 6.38. The molecule has 5 atom stereocenters. The number of ether oxygens (including phenoxy) is 1. The van der Waals surface area contributed by atoms with E-state index in [0.29, 0.717) is 45.5 Å². The Morgan fingerprint density at radius 1 is 1.08 bits per heavy atom. The number of para-hydroxylation sites is 1. The van der Waals surface area contributed by atoms with Gasteiger partial charge in [-0.1, -0.05) is 69.7 Å². The molecule has 1 fully saturated rings. The summed E-state index contributed by atoms with van der Waals surface area (Å²) in [6.07, 6.45) is 2.64. The third-order valence-electron chi connectivity index (χ3n) is 8.26. The molecule has 1 heterocycles. The van der Waals surface area contributed by atoms with Crippen molar-refractivity contribution in [2.24, 2.45) is 28.7 Å². The first-order valence-corrected chi connectivity index (χ1v) is 13.1. The fraction of sp³-hybridized carbons (Fsp3) is 0.433. The predicted molar refractivity (Wildman–Crippen MR) is 141 cm³/mol. The quantitative estimate of drug-likeness (QED) is 0.269. The first-order chi connectivity index (χ1) is 17.7. The van der Waals surface area contributed by atoms with Crippen LogP contribution in [0.5, 0.6) is 0 Å². The molecule has 0 aromatic heterocycles. The molecule has 7 heteroatoms. The zero-order chi connectivity index (χ0) is 26.4. The van der Waals surface area contributed by atoms with Gasteiger partial charge in [0.15, 0.2) is 5.78 Å². The summed E-state index contributed by atoms with van der Waals surface area (Å²) in [6, 6.07) is 13.5. The standard InChI is InChI=1S/C30H32N2O5/c1-16(2)19-14-13-17(3)15-24(19)37-30(34)25-18(4)31-28-20-9-5-6-10-21(20)29(33)27(28)26(25)22-11-7-8-12-23(22)32(35)36/h5-12,16-17,19,24-26H,13-15H2,1-4H3/t17-,19+,24-,25?,26-/m1/s1. The zero-order valence-corrected chi connectivity index (χ0v) is 21.6. The molecule has 37 heavy (non-hydrogen) atoms. The van der Waals surface area contributed by atoms with Gasteiger partial charge in [-0.15, -0.1) is 0 Å². The molecule has 7 nitrogen and oxygen atoms in total. The summed E-state index contributed by atoms with van der Waals surface area (Å²) in [5.41, 5.74) is 2.73. The molecule has 5 rings (SSSR count). The average molecular weight is 501 g/mol. The lowest BCUT2D eigenvalue weighted by molar-refractivity contribution is -0.385. The highest BCUT2D eigenvalue weighted by atomic mass is 16.6. The fourth-order valence-electron chi connectivity index (χ4n) is 6.38. The molecule has 3 aliphatic rings. The Morgan fingerprint density at radius 2 is 1.76 bits per heavy atom. The molecule has 1 saturated carbocycles. The maximum atomic E-state index is 14.0. The topological polar surface area (TPSA) is 98.9 Å². The van der Waals surface area contributed by atoms with E-state index in [4.69, 9.17) is 9.73 Å². The van der Waals surface area contributed by atoms with Gasteiger partial charge in [-0.25, -0.2) is 0 Å². The van der Waals surface area contributed by atoms with Crippen LogP contribution in [0.4, 0.5) is 5.69 Å². The minimum absolute atomic E-state index is 0.123. The molecule has 1 unspecified atom stereocenters. The Hall–Kier alpha value is -3.61. The minimum atomic E-state index is -0.928. The van der Waals surface area contributed by atoms with Crippen LogP contribution in [0.15, 0.2) is 59.1 Å². The second-order valence-corrected chi connectivity index (χ2v) is 11.0. The Morgan fingerprint density at radius 3 is 2.46 bits per heavy atom. The molecule has 192 valence electrons. The van der Waals surface area contributed by atoms with Gasteiger partial charge in [0.05, 0.1) is 10.6 Å². The van der Waals surface area contributed by atoms with Crippen LogP contribution in [0.1, 0.15) is 74.4 Å². The van der Waals surface area contributed by atoms with Crippen molar-refractivity contribution < 1.29 is 19.2 Å². The second-order valence-electron chi connectivity index (χ2n) is 11.0. The largest absolute Gasteiger partial charge is 0.462 e. The predicted octanol–water partition coefficient (Wildman–Crippen LogP) is 6.38. The summed E-state index contributed by atoms with van der Waals surface area (Å²) >= 11 is 0. The van der Waals surface area contributed by atoms with E-state index in [1.54, 1.807) is 37.3 Å². The van der Waals surface area contributed by atoms with E-state index in [1.165, 1.54) is 6.07 Å². The van der Waals surface area contributed by atoms with Crippen LogP contribution in [-0.2, 0) is 9.53 Å². The number of hydrogen-bond acceptors (Lipinski definition) is 6. The van der Waals surface area contributed by atoms with Crippen LogP contribution in [0.2, 0.25) is 0 Å². The third-order valence-corrected chi connectivity index (χ3v) is 8.26. The number of benzene rings is 2. The Balaban J connectivity index is 1.61. The number of fused-ring (bicyclic) bond motifs is 2. The Bertz CT molecular complexity index is 1340. The molecule has 0 saturated heterocycles. The monoisotopic (exact) mass is 500 g/mol. The highest BCUT2D eigenvalue weighted by Crippen LogP contribution is 2.50. The second kappa shape index (κ2) is 9.69. The molecule has 0 amide bonds. The zero-order valence-electron chi connectivity index (χ0n) is 21.6. The number of hydrogen-bond donors (Lipinski definition) is 0. The van der Waals surface area contributed by atoms with Crippen molar-refractivity contribution in [1.29, 1.82) is 0 Å². The van der Waals surface area contributed by atoms with Gasteiger partial charge in [0.25, 0.3) is 5.69 Å². The molecule has 1 aliphatic heterocycles. The van der Waals surface area contributed by atoms with Gasteiger partial charge in [-0.3, -0.25) is 24.7 Å². The van der Waals surface area contributed by atoms with Crippen LogP contribution >= 0.6 is 0 Å². The van der Waals surface area contributed by atoms with E-state index < -0.39 is 22.7 Å². The molecule has 0 bridgehead atoms. The molecule has 2 aromatic carbocycles. The number of aliphatic imine (C=N–C) groups is 1. The summed E-state index contributed by atoms with van der Waals surface area (Å²) in [5, 5.41) is 12.0. The van der Waals surface area contributed by atoms with Gasteiger partial charge in [0.1, 0.15) is 12.0 Å². The molecule has 0 spiro atoms. The van der Waals surface area contributed by atoms with Crippen molar-refractivity contribution in [3.05, 3.63) is 80.9 Å². The lowest BCUT2D eigenvalue weighted by atomic mass is 9.73. The number of carbonyl (C=O) groups is 2. The van der Waals surface area contributed by atoms with Crippen molar-refractivity contribution in [3.63, 3.8) is 0 Å². The van der Waals surface area contributed by atoms with E-state index in [1.807, 2.05) is 12.1 Å². The number of nitro benzene ring substituents is 1. The number of rotatable bonds is 5. The van der Waals surface area contributed by atoms with Gasteiger partial charge >= 0.3 is 5.97 Å². The molecule has 2 aliphatic carbocycles. The van der Waals surface area contributed by atoms with Crippen molar-refractivity contribution in [3.8, 4) is 0 Å². The maximum Gasteiger partial charge on any atom is 0.315 e. The first kappa shape index (κ1) is 25.1. The summed E-state index contributed by atoms with van der Waals surface area (Å²) < 4.78 is 6.23. The van der Waals surface area contributed by atoms with Gasteiger partial charge in [-0.05, 0) is 37.5 Å². The SMILES string of the molecule is CC1=NC2=C(C(=O)c3ccccc32)[C@H](c2ccccc2[N+](=O)[O-])C1C(=O)O[C@@H]1C[C@H](C)CC[C@H]1C(C)C. The molecule has 0 N–H and O–H groups in total. The third kappa shape index (κ3) is 4.30. The summed E-state index contributed by atoms with van der Waals surface area (Å²) in [4.78, 5) is 44.0. The van der Waals surface area contributed by atoms with Crippen LogP contribution in [0.3, 0.4) is 0 Å². The number of esters is 1. The van der Waals surface area contributed by atoms with Crippen molar-refractivity contribution in [2.45, 2.75) is 59.0 Å². The number of nitro groups is 1. The number of Topliss-reactive ketones (excluding diaryl/α,β-unsaturated/α-hetero) is 1. The normalized spacial score (nSPS) is 27.0. The van der Waals surface area contributed by atoms with E-state index in [-0.39, 0.29) is 23.5 Å². The van der Waals surface area contributed by atoms with Gasteiger partial charge in [0.2, 0.25) is 0 Å². The van der Waals surface area contributed by atoms with Crippen molar-refractivity contribution >= 4 is 28.8 Å². The molecule has 0 radical (unpaired) electrons. The molecule has 2 aromatic rings. The summed E-state index contributed by atoms with van der Waals surface area (Å²) in [7, 11) is 0. The lowest BCUT2D eigenvalue weighted by Gasteiger charge is -2.38. The van der Waals surface area contributed by atoms with E-state index in [2.05, 4.69) is 20.8 Å². The van der Waals surface area contributed by atoms with Crippen LogP contribution in [-0.4, -0.2) is 28.5 Å². The maximum absolute atomic E-state index is 14.0. The van der Waals surface area contributed by atoms with E-state index >= 15 is 0 Å². The first-order valence-electron chi connectivity index (χ1n) is 13.1. The Kier molecular flexibility index (Phi) is 6.56. The highest BCUT2D eigenvalue weighted by Gasteiger charge is 2.49. The van der Waals surface area contributed by atoms with Gasteiger partial charge in [0, 0.05) is 40.0 Å². The van der Waals surface area contributed by atoms with Crippen LogP contribution < -0.4 is 0 Å². The van der Waals surface area contributed by atoms with Crippen molar-refractivity contribution in [2.75, 3.05) is 0 Å². The number of carbonyl (C=O) groups excluding carboxylic acids is 2. The smallest absolute Gasteiger partial charge is 0.315 e. The highest BCUT2D eigenvalue weighted by molar-refractivity contribution is 6.25. The van der Waals surface area contributed by atoms with E-state index in [0.717, 1.165) is 19.3 Å². The average Bonchev–Trinajstić information content (AvgIpc) is 3.14. The summed E-state index contributed by atoms with van der Waals surface area (Å²) in [6.45, 7) is 8.23.